The molecule has 3 aromatic rings. The van der Waals surface area contributed by atoms with Gasteiger partial charge in [0.1, 0.15) is 30.3 Å². The number of phenols is 1. The average Bonchev–Trinajstić information content (AvgIpc) is 2.72. The molecule has 0 atom stereocenters. The van der Waals surface area contributed by atoms with Gasteiger partial charge in [0.15, 0.2) is 0 Å². The van der Waals surface area contributed by atoms with Crippen LogP contribution in [0.25, 0.3) is 16.7 Å². The van der Waals surface area contributed by atoms with E-state index < -0.39 is 0 Å². The summed E-state index contributed by atoms with van der Waals surface area (Å²) in [6.07, 6.45) is 0. The number of hydrogen-bond donors (Lipinski definition) is 1. The van der Waals surface area contributed by atoms with Crippen molar-refractivity contribution in [3.05, 3.63) is 42.5 Å². The van der Waals surface area contributed by atoms with Crippen molar-refractivity contribution in [1.29, 1.82) is 0 Å². The van der Waals surface area contributed by atoms with Gasteiger partial charge < -0.3 is 5.11 Å². The molecule has 0 saturated carbocycles. The molecule has 5 heteroatoms. The van der Waals surface area contributed by atoms with Gasteiger partial charge in [0, 0.05) is 0 Å². The molecule has 0 spiro atoms. The molecule has 1 heterocycles. The maximum atomic E-state index is 9.83. The van der Waals surface area contributed by atoms with Crippen molar-refractivity contribution in [2.45, 2.75) is 0 Å². The second-order valence-electron chi connectivity index (χ2n) is 3.80. The highest BCUT2D eigenvalue weighted by molar-refractivity contribution is 6.32. The van der Waals surface area contributed by atoms with Crippen LogP contribution in [-0.2, 0) is 0 Å². The van der Waals surface area contributed by atoms with E-state index in [2.05, 4.69) is 18.0 Å². The number of aromatic nitrogens is 3. The number of fused-ring (bicyclic) bond motifs is 1. The maximum Gasteiger partial charge on any atom is 0.142 e. The van der Waals surface area contributed by atoms with Crippen molar-refractivity contribution in [2.75, 3.05) is 0 Å². The normalized spacial score (nSPS) is 10.8. The molecule has 4 nitrogen and oxygen atoms in total. The van der Waals surface area contributed by atoms with Crippen molar-refractivity contribution in [1.82, 2.24) is 15.0 Å². The summed E-state index contributed by atoms with van der Waals surface area (Å²) < 4.78 is 0. The lowest BCUT2D eigenvalue weighted by molar-refractivity contribution is 0.468. The van der Waals surface area contributed by atoms with Crippen LogP contribution in [0.3, 0.4) is 0 Å². The molecule has 0 aliphatic carbocycles. The second kappa shape index (κ2) is 3.62. The fourth-order valence-corrected chi connectivity index (χ4v) is 1.71. The number of benzene rings is 2. The number of phenolic OH excluding ortho intramolecular Hbond substituents is 1. The highest BCUT2D eigenvalue weighted by atomic mass is 16.3. The lowest BCUT2D eigenvalue weighted by atomic mass is 9.96. The molecule has 0 bridgehead atoms. The molecular weight excluding hydrogens is 213 g/mol. The van der Waals surface area contributed by atoms with Crippen molar-refractivity contribution >= 4 is 24.3 Å². The molecule has 17 heavy (non-hydrogen) atoms. The van der Waals surface area contributed by atoms with Crippen molar-refractivity contribution in [2.24, 2.45) is 0 Å². The molecule has 0 aliphatic rings. The van der Waals surface area contributed by atoms with E-state index in [1.807, 2.05) is 30.3 Å². The first-order chi connectivity index (χ1) is 8.24. The van der Waals surface area contributed by atoms with E-state index >= 15 is 0 Å². The predicted molar refractivity (Wildman–Crippen MR) is 67.3 cm³/mol. The minimum Gasteiger partial charge on any atom is -0.506 e. The van der Waals surface area contributed by atoms with E-state index in [4.69, 9.17) is 0 Å². The third kappa shape index (κ3) is 1.65. The largest absolute Gasteiger partial charge is 0.506 e. The van der Waals surface area contributed by atoms with E-state index in [1.54, 1.807) is 12.1 Å². The smallest absolute Gasteiger partial charge is 0.142 e. The molecule has 2 aromatic carbocycles. The standard InChI is InChI=1S/C12H9BN3O/c13-8-5-6-11(12(17)7-8)16-14-9-3-1-2-4-10(9)15-16/h1-7,13,17H. The van der Waals surface area contributed by atoms with Crippen LogP contribution >= 0.6 is 0 Å². The lowest BCUT2D eigenvalue weighted by Gasteiger charge is -2.03. The molecule has 0 aliphatic heterocycles. The van der Waals surface area contributed by atoms with Crippen LogP contribution in [0.15, 0.2) is 42.5 Å². The molecule has 81 valence electrons. The highest BCUT2D eigenvalue weighted by Crippen LogP contribution is 2.19. The van der Waals surface area contributed by atoms with Crippen LogP contribution in [0.4, 0.5) is 0 Å². The number of hydrogen-bond acceptors (Lipinski definition) is 3. The summed E-state index contributed by atoms with van der Waals surface area (Å²) in [7, 11) is 3.75. The molecule has 0 saturated heterocycles. The minimum absolute atomic E-state index is 0.123. The number of rotatable bonds is 1. The third-order valence-corrected chi connectivity index (χ3v) is 2.54. The van der Waals surface area contributed by atoms with Gasteiger partial charge in [-0.2, -0.15) is 0 Å². The maximum absolute atomic E-state index is 9.83. The Morgan fingerprint density at radius 1 is 1.00 bits per heavy atom. The van der Waals surface area contributed by atoms with Gasteiger partial charge in [-0.3, -0.25) is 0 Å². The summed E-state index contributed by atoms with van der Waals surface area (Å²) in [6, 6.07) is 12.7. The third-order valence-electron chi connectivity index (χ3n) is 2.54. The quantitative estimate of drug-likeness (QED) is 0.615. The Morgan fingerprint density at radius 3 is 2.24 bits per heavy atom. The Labute approximate surface area is 98.9 Å². The molecule has 0 unspecified atom stereocenters. The second-order valence-corrected chi connectivity index (χ2v) is 3.80. The van der Waals surface area contributed by atoms with E-state index in [9.17, 15) is 5.11 Å². The van der Waals surface area contributed by atoms with Crippen molar-refractivity contribution < 1.29 is 5.11 Å². The van der Waals surface area contributed by atoms with Gasteiger partial charge in [0.2, 0.25) is 0 Å². The van der Waals surface area contributed by atoms with Gasteiger partial charge >= 0.3 is 0 Å². The number of aromatic hydroxyl groups is 1. The van der Waals surface area contributed by atoms with Crippen molar-refractivity contribution in [3.8, 4) is 11.4 Å². The Hall–Kier alpha value is -2.30. The van der Waals surface area contributed by atoms with Crippen LogP contribution < -0.4 is 5.46 Å². The van der Waals surface area contributed by atoms with E-state index in [1.165, 1.54) is 4.80 Å². The first-order valence-electron chi connectivity index (χ1n) is 5.21. The summed E-state index contributed by atoms with van der Waals surface area (Å²) in [6.45, 7) is 0. The van der Waals surface area contributed by atoms with Crippen LogP contribution in [0, 0.1) is 0 Å². The first-order valence-corrected chi connectivity index (χ1v) is 5.21. The highest BCUT2D eigenvalue weighted by Gasteiger charge is 2.07. The molecule has 3 rings (SSSR count). The summed E-state index contributed by atoms with van der Waals surface area (Å²) in [5.41, 5.74) is 2.90. The predicted octanol–water partition coefficient (Wildman–Crippen LogP) is 0.652. The zero-order valence-corrected chi connectivity index (χ0v) is 9.04. The summed E-state index contributed by atoms with van der Waals surface area (Å²) in [5, 5.41) is 18.4. The monoisotopic (exact) mass is 222 g/mol. The Kier molecular flexibility index (Phi) is 2.11. The van der Waals surface area contributed by atoms with Gasteiger partial charge in [-0.15, -0.1) is 15.0 Å². The molecular formula is C12H9BN3O. The average molecular weight is 222 g/mol. The van der Waals surface area contributed by atoms with Gasteiger partial charge in [0.05, 0.1) is 0 Å². The Bertz CT molecular complexity index is 660. The molecule has 1 N–H and O–H groups in total. The Balaban J connectivity index is 2.20. The summed E-state index contributed by atoms with van der Waals surface area (Å²) in [4.78, 5) is 1.43. The Morgan fingerprint density at radius 2 is 1.65 bits per heavy atom. The van der Waals surface area contributed by atoms with Crippen LogP contribution in [0.2, 0.25) is 0 Å². The van der Waals surface area contributed by atoms with Crippen LogP contribution in [0.5, 0.6) is 5.75 Å². The zero-order chi connectivity index (χ0) is 11.8. The summed E-state index contributed by atoms with van der Waals surface area (Å²) in [5.74, 6) is 0.123. The minimum atomic E-state index is 0.123. The van der Waals surface area contributed by atoms with Crippen LogP contribution in [0.1, 0.15) is 0 Å². The zero-order valence-electron chi connectivity index (χ0n) is 9.04. The van der Waals surface area contributed by atoms with Crippen LogP contribution in [-0.4, -0.2) is 27.9 Å². The van der Waals surface area contributed by atoms with Crippen molar-refractivity contribution in [3.63, 3.8) is 0 Å². The molecule has 1 radical (unpaired) electrons. The van der Waals surface area contributed by atoms with Gasteiger partial charge in [-0.05, 0) is 24.3 Å². The first kappa shape index (κ1) is 9.90. The molecule has 0 amide bonds. The molecule has 1 aromatic heterocycles. The summed E-state index contributed by atoms with van der Waals surface area (Å²) >= 11 is 0. The SMILES string of the molecule is [BH]c1ccc(-n2nc3ccccc3n2)c(O)c1. The topological polar surface area (TPSA) is 50.9 Å². The fraction of sp³-hybridized carbons (Fsp3) is 0. The van der Waals surface area contributed by atoms with Gasteiger partial charge in [0.25, 0.3) is 0 Å². The van der Waals surface area contributed by atoms with E-state index in [-0.39, 0.29) is 5.75 Å². The lowest BCUT2D eigenvalue weighted by Crippen LogP contribution is -2.05. The number of nitrogens with zero attached hydrogens (tertiary/aromatic N) is 3. The fourth-order valence-electron chi connectivity index (χ4n) is 1.71. The molecule has 0 fully saturated rings. The van der Waals surface area contributed by atoms with Gasteiger partial charge in [-0.1, -0.05) is 23.7 Å². The van der Waals surface area contributed by atoms with Gasteiger partial charge in [-0.25, -0.2) is 0 Å². The van der Waals surface area contributed by atoms with E-state index in [0.29, 0.717) is 5.69 Å². The van der Waals surface area contributed by atoms with E-state index in [0.717, 1.165) is 16.5 Å².